The monoisotopic (exact) mass is 495 g/mol. The minimum absolute atomic E-state index is 0.0844. The second-order valence-corrected chi connectivity index (χ2v) is 10.7. The molecule has 3 N–H and O–H groups in total. The van der Waals surface area contributed by atoms with E-state index in [1.807, 2.05) is 32.0 Å². The van der Waals surface area contributed by atoms with Crippen LogP contribution in [-0.2, 0) is 10.0 Å². The average Bonchev–Trinajstić information content (AvgIpc) is 2.82. The van der Waals surface area contributed by atoms with Crippen molar-refractivity contribution in [1.82, 2.24) is 14.9 Å². The second kappa shape index (κ2) is 10.9. The van der Waals surface area contributed by atoms with E-state index in [1.165, 1.54) is 5.69 Å². The summed E-state index contributed by atoms with van der Waals surface area (Å²) in [5, 5.41) is 6.55. The number of likely N-dealkylation sites (N-methyl/N-ethyl adjacent to an activating group) is 1. The first-order chi connectivity index (χ1) is 16.8. The average molecular weight is 496 g/mol. The maximum absolute atomic E-state index is 12.1. The lowest BCUT2D eigenvalue weighted by Crippen LogP contribution is -2.44. The van der Waals surface area contributed by atoms with Crippen molar-refractivity contribution in [2.45, 2.75) is 20.3 Å². The molecule has 4 rings (SSSR count). The van der Waals surface area contributed by atoms with E-state index in [4.69, 9.17) is 0 Å². The van der Waals surface area contributed by atoms with Gasteiger partial charge in [0.1, 0.15) is 5.82 Å². The maximum atomic E-state index is 12.1. The van der Waals surface area contributed by atoms with E-state index in [1.54, 1.807) is 24.4 Å². The molecule has 35 heavy (non-hydrogen) atoms. The second-order valence-electron chi connectivity index (χ2n) is 8.81. The minimum Gasteiger partial charge on any atom is -0.369 e. The van der Waals surface area contributed by atoms with Crippen LogP contribution in [0.1, 0.15) is 18.9 Å². The molecule has 0 saturated carbocycles. The van der Waals surface area contributed by atoms with E-state index >= 15 is 0 Å². The van der Waals surface area contributed by atoms with E-state index in [-0.39, 0.29) is 5.75 Å². The number of aromatic nitrogens is 2. The molecule has 10 heteroatoms. The van der Waals surface area contributed by atoms with Crippen LogP contribution in [0.2, 0.25) is 0 Å². The van der Waals surface area contributed by atoms with E-state index in [9.17, 15) is 8.42 Å². The van der Waals surface area contributed by atoms with Crippen molar-refractivity contribution in [2.75, 3.05) is 59.2 Å². The molecule has 0 atom stereocenters. The molecule has 2 aromatic carbocycles. The normalized spacial score (nSPS) is 14.5. The summed E-state index contributed by atoms with van der Waals surface area (Å²) in [4.78, 5) is 13.8. The van der Waals surface area contributed by atoms with Gasteiger partial charge in [-0.3, -0.25) is 4.72 Å². The zero-order valence-electron chi connectivity index (χ0n) is 20.5. The first-order valence-corrected chi connectivity index (χ1v) is 13.5. The fraction of sp³-hybridized carbons (Fsp3) is 0.360. The van der Waals surface area contributed by atoms with Gasteiger partial charge < -0.3 is 20.4 Å². The molecule has 1 aliphatic rings. The summed E-state index contributed by atoms with van der Waals surface area (Å²) in [6, 6.07) is 15.4. The number of sulfonamides is 1. The van der Waals surface area contributed by atoms with Gasteiger partial charge in [-0.05, 0) is 62.9 Å². The third-order valence-electron chi connectivity index (χ3n) is 5.84. The number of hydrogen-bond acceptors (Lipinski definition) is 8. The van der Waals surface area contributed by atoms with Gasteiger partial charge in [0.2, 0.25) is 16.0 Å². The van der Waals surface area contributed by atoms with Crippen LogP contribution < -0.4 is 20.3 Å². The largest absolute Gasteiger partial charge is 0.369 e. The fourth-order valence-electron chi connectivity index (χ4n) is 3.87. The highest BCUT2D eigenvalue weighted by Crippen LogP contribution is 2.25. The highest BCUT2D eigenvalue weighted by molar-refractivity contribution is 7.92. The van der Waals surface area contributed by atoms with Crippen LogP contribution in [0.5, 0.6) is 0 Å². The summed E-state index contributed by atoms with van der Waals surface area (Å²) in [5.41, 5.74) is 4.23. The molecule has 186 valence electrons. The summed E-state index contributed by atoms with van der Waals surface area (Å²) >= 11 is 0. The van der Waals surface area contributed by atoms with Gasteiger partial charge in [0.15, 0.2) is 0 Å². The minimum atomic E-state index is -3.36. The molecule has 3 aromatic rings. The number of nitrogens with one attached hydrogen (secondary N) is 3. The third-order valence-corrected chi connectivity index (χ3v) is 7.33. The van der Waals surface area contributed by atoms with Crippen LogP contribution in [0.25, 0.3) is 0 Å². The lowest BCUT2D eigenvalue weighted by Gasteiger charge is -2.34. The Morgan fingerprint density at radius 2 is 1.66 bits per heavy atom. The smallest absolute Gasteiger partial charge is 0.232 e. The molecule has 1 aliphatic heterocycles. The van der Waals surface area contributed by atoms with E-state index in [0.717, 1.165) is 43.1 Å². The van der Waals surface area contributed by atoms with Crippen molar-refractivity contribution in [3.05, 3.63) is 60.3 Å². The number of rotatable bonds is 9. The zero-order valence-corrected chi connectivity index (χ0v) is 21.3. The van der Waals surface area contributed by atoms with Crippen LogP contribution in [-0.4, -0.2) is 62.3 Å². The molecule has 1 fully saturated rings. The number of anilines is 6. The van der Waals surface area contributed by atoms with Crippen molar-refractivity contribution in [3.63, 3.8) is 0 Å². The predicted molar refractivity (Wildman–Crippen MR) is 144 cm³/mol. The Balaban J connectivity index is 1.43. The molecule has 0 amide bonds. The van der Waals surface area contributed by atoms with Crippen molar-refractivity contribution < 1.29 is 8.42 Å². The molecule has 0 bridgehead atoms. The van der Waals surface area contributed by atoms with Crippen molar-refractivity contribution in [2.24, 2.45) is 0 Å². The summed E-state index contributed by atoms with van der Waals surface area (Å²) in [6.07, 6.45) is 2.31. The Kier molecular flexibility index (Phi) is 7.72. The summed E-state index contributed by atoms with van der Waals surface area (Å²) in [7, 11) is -1.20. The highest BCUT2D eigenvalue weighted by Gasteiger charge is 2.14. The Bertz CT molecular complexity index is 1240. The van der Waals surface area contributed by atoms with Crippen LogP contribution in [0.3, 0.4) is 0 Å². The molecule has 0 spiro atoms. The Morgan fingerprint density at radius 1 is 0.943 bits per heavy atom. The van der Waals surface area contributed by atoms with E-state index < -0.39 is 10.0 Å². The Labute approximate surface area is 207 Å². The van der Waals surface area contributed by atoms with Crippen LogP contribution in [0.4, 0.5) is 34.5 Å². The lowest BCUT2D eigenvalue weighted by molar-refractivity contribution is 0.313. The first kappa shape index (κ1) is 24.7. The Hall–Kier alpha value is -3.37. The SMILES string of the molecule is CCCS(=O)(=O)Nc1cccc(Nc2nc(Nc3ccc(N4CCN(C)CC4)cc3)ncc2C)c1. The highest BCUT2D eigenvalue weighted by atomic mass is 32.2. The number of aryl methyl sites for hydroxylation is 1. The molecule has 1 aromatic heterocycles. The van der Waals surface area contributed by atoms with Crippen LogP contribution in [0, 0.1) is 6.92 Å². The van der Waals surface area contributed by atoms with Gasteiger partial charge >= 0.3 is 0 Å². The fourth-order valence-corrected chi connectivity index (χ4v) is 5.00. The topological polar surface area (TPSA) is 102 Å². The van der Waals surface area contributed by atoms with Gasteiger partial charge in [0.05, 0.1) is 11.4 Å². The van der Waals surface area contributed by atoms with E-state index in [0.29, 0.717) is 23.9 Å². The van der Waals surface area contributed by atoms with E-state index in [2.05, 4.69) is 54.3 Å². The van der Waals surface area contributed by atoms with Gasteiger partial charge in [-0.25, -0.2) is 13.4 Å². The number of benzene rings is 2. The number of hydrogen-bond donors (Lipinski definition) is 3. The van der Waals surface area contributed by atoms with Crippen molar-refractivity contribution in [1.29, 1.82) is 0 Å². The van der Waals surface area contributed by atoms with Gasteiger partial charge in [-0.2, -0.15) is 4.98 Å². The maximum Gasteiger partial charge on any atom is 0.232 e. The van der Waals surface area contributed by atoms with Gasteiger partial charge in [-0.15, -0.1) is 0 Å². The predicted octanol–water partition coefficient (Wildman–Crippen LogP) is 4.18. The molecule has 0 aliphatic carbocycles. The van der Waals surface area contributed by atoms with Crippen LogP contribution in [0.15, 0.2) is 54.7 Å². The molecular weight excluding hydrogens is 462 g/mol. The van der Waals surface area contributed by atoms with Crippen molar-refractivity contribution >= 4 is 44.5 Å². The number of nitrogens with zero attached hydrogens (tertiary/aromatic N) is 4. The van der Waals surface area contributed by atoms with Crippen molar-refractivity contribution in [3.8, 4) is 0 Å². The molecule has 0 unspecified atom stereocenters. The summed E-state index contributed by atoms with van der Waals surface area (Å²) < 4.78 is 26.8. The molecular formula is C25H33N7O2S. The molecule has 2 heterocycles. The summed E-state index contributed by atoms with van der Waals surface area (Å²) in [6.45, 7) is 7.95. The zero-order chi connectivity index (χ0) is 24.8. The number of piperazine rings is 1. The molecule has 0 radical (unpaired) electrons. The standard InChI is InChI=1S/C25H33N7O2S/c1-4-16-35(33,34)30-22-7-5-6-21(17-22)27-24-19(2)18-26-25(29-24)28-20-8-10-23(11-9-20)32-14-12-31(3)13-15-32/h5-11,17-18,30H,4,12-16H2,1-3H3,(H2,26,27,28,29). The first-order valence-electron chi connectivity index (χ1n) is 11.8. The lowest BCUT2D eigenvalue weighted by atomic mass is 10.2. The van der Waals surface area contributed by atoms with Crippen LogP contribution >= 0.6 is 0 Å². The third kappa shape index (κ3) is 6.83. The van der Waals surface area contributed by atoms with Gasteiger partial charge in [0.25, 0.3) is 0 Å². The Morgan fingerprint density at radius 3 is 2.37 bits per heavy atom. The van der Waals surface area contributed by atoms with Gasteiger partial charge in [-0.1, -0.05) is 13.0 Å². The quantitative estimate of drug-likeness (QED) is 0.406. The molecule has 9 nitrogen and oxygen atoms in total. The van der Waals surface area contributed by atoms with Gasteiger partial charge in [0, 0.05) is 55.0 Å². The molecule has 1 saturated heterocycles. The summed E-state index contributed by atoms with van der Waals surface area (Å²) in [5.74, 6) is 1.21.